The first kappa shape index (κ1) is 12.5. The molecule has 0 spiro atoms. The van der Waals surface area contributed by atoms with Crippen LogP contribution in [0.1, 0.15) is 34.6 Å². The van der Waals surface area contributed by atoms with Crippen LogP contribution in [0, 0.1) is 5.41 Å². The lowest BCUT2D eigenvalue weighted by molar-refractivity contribution is -0.145. The summed E-state index contributed by atoms with van der Waals surface area (Å²) in [6.07, 6.45) is 0. The molecule has 1 aliphatic carbocycles. The molecule has 84 valence electrons. The molecule has 3 heteroatoms. The van der Waals surface area contributed by atoms with Crippen molar-refractivity contribution in [1.82, 2.24) is 0 Å². The second-order valence-electron chi connectivity index (χ2n) is 4.43. The van der Waals surface area contributed by atoms with Crippen molar-refractivity contribution < 1.29 is 9.90 Å². The first-order valence-corrected chi connectivity index (χ1v) is 5.89. The average Bonchev–Trinajstić information content (AvgIpc) is 2.20. The molecule has 0 aromatic carbocycles. The van der Waals surface area contributed by atoms with E-state index < -0.39 is 11.4 Å². The number of hydrogen-bond acceptors (Lipinski definition) is 1. The highest BCUT2D eigenvalue weighted by molar-refractivity contribution is 9.09. The number of carboxylic acids is 1. The molecule has 15 heavy (non-hydrogen) atoms. The third-order valence-electron chi connectivity index (χ3n) is 3.83. The summed E-state index contributed by atoms with van der Waals surface area (Å²) in [5.74, 6) is -0.770. The minimum Gasteiger partial charge on any atom is -0.481 e. The van der Waals surface area contributed by atoms with E-state index in [9.17, 15) is 9.90 Å². The van der Waals surface area contributed by atoms with Gasteiger partial charge in [0.25, 0.3) is 0 Å². The van der Waals surface area contributed by atoms with Crippen LogP contribution in [0.5, 0.6) is 0 Å². The molecule has 0 saturated carbocycles. The normalized spacial score (nSPS) is 32.3. The second kappa shape index (κ2) is 3.78. The molecule has 0 heterocycles. The highest BCUT2D eigenvalue weighted by Gasteiger charge is 2.46. The molecular weight excluding hydrogens is 256 g/mol. The predicted octanol–water partition coefficient (Wildman–Crippen LogP) is 3.53. The SMILES string of the molecule is CC1=C(C)C(Br)C(C)(C(=O)O)C(C)=C1C. The highest BCUT2D eigenvalue weighted by Crippen LogP contribution is 2.46. The van der Waals surface area contributed by atoms with Gasteiger partial charge in [0.15, 0.2) is 0 Å². The minimum absolute atomic E-state index is 0.119. The molecule has 0 radical (unpaired) electrons. The van der Waals surface area contributed by atoms with Crippen LogP contribution in [-0.4, -0.2) is 15.9 Å². The fraction of sp³-hybridized carbons (Fsp3) is 0.583. The van der Waals surface area contributed by atoms with E-state index >= 15 is 0 Å². The molecule has 2 nitrogen and oxygen atoms in total. The van der Waals surface area contributed by atoms with Gasteiger partial charge >= 0.3 is 5.97 Å². The maximum absolute atomic E-state index is 11.4. The van der Waals surface area contributed by atoms with Gasteiger partial charge in [0.1, 0.15) is 5.41 Å². The molecule has 1 aliphatic rings. The number of carboxylic acid groups (broad SMARTS) is 1. The average molecular weight is 273 g/mol. The van der Waals surface area contributed by atoms with Gasteiger partial charge < -0.3 is 5.11 Å². The van der Waals surface area contributed by atoms with Crippen LogP contribution in [-0.2, 0) is 4.79 Å². The number of hydrogen-bond donors (Lipinski definition) is 1. The summed E-state index contributed by atoms with van der Waals surface area (Å²) < 4.78 is 0. The van der Waals surface area contributed by atoms with Crippen LogP contribution in [0.15, 0.2) is 22.3 Å². The minimum atomic E-state index is -0.826. The second-order valence-corrected chi connectivity index (χ2v) is 5.34. The number of rotatable bonds is 1. The first-order chi connectivity index (χ1) is 6.74. The van der Waals surface area contributed by atoms with Crippen LogP contribution < -0.4 is 0 Å². The fourth-order valence-corrected chi connectivity index (χ4v) is 2.93. The van der Waals surface area contributed by atoms with E-state index in [1.165, 1.54) is 5.57 Å². The Morgan fingerprint density at radius 2 is 1.73 bits per heavy atom. The van der Waals surface area contributed by atoms with Gasteiger partial charge in [0, 0.05) is 0 Å². The van der Waals surface area contributed by atoms with Crippen LogP contribution in [0.25, 0.3) is 0 Å². The smallest absolute Gasteiger partial charge is 0.314 e. The Labute approximate surface area is 99.2 Å². The van der Waals surface area contributed by atoms with Gasteiger partial charge in [-0.15, -0.1) is 0 Å². The highest BCUT2D eigenvalue weighted by atomic mass is 79.9. The van der Waals surface area contributed by atoms with Gasteiger partial charge in [0.05, 0.1) is 4.83 Å². The Morgan fingerprint density at radius 1 is 1.27 bits per heavy atom. The van der Waals surface area contributed by atoms with Gasteiger partial charge in [-0.05, 0) is 45.8 Å². The summed E-state index contributed by atoms with van der Waals surface area (Å²) in [5.41, 5.74) is 3.54. The van der Waals surface area contributed by atoms with Crippen molar-refractivity contribution in [1.29, 1.82) is 0 Å². The zero-order valence-corrected chi connectivity index (χ0v) is 11.4. The number of aliphatic carboxylic acids is 1. The molecule has 0 aromatic heterocycles. The van der Waals surface area contributed by atoms with Crippen molar-refractivity contribution in [3.63, 3.8) is 0 Å². The topological polar surface area (TPSA) is 37.3 Å². The van der Waals surface area contributed by atoms with E-state index in [2.05, 4.69) is 15.9 Å². The largest absolute Gasteiger partial charge is 0.481 e. The Hall–Kier alpha value is -0.570. The summed E-state index contributed by atoms with van der Waals surface area (Å²) in [6.45, 7) is 9.72. The molecule has 2 atom stereocenters. The van der Waals surface area contributed by atoms with Crippen LogP contribution >= 0.6 is 15.9 Å². The molecule has 1 N–H and O–H groups in total. The van der Waals surface area contributed by atoms with Crippen molar-refractivity contribution >= 4 is 21.9 Å². The molecule has 0 bridgehead atoms. The van der Waals surface area contributed by atoms with E-state index in [0.29, 0.717) is 0 Å². The fourth-order valence-electron chi connectivity index (χ4n) is 2.05. The molecule has 0 aromatic rings. The quantitative estimate of drug-likeness (QED) is 0.742. The molecule has 2 unspecified atom stereocenters. The number of allylic oxidation sites excluding steroid dienone is 3. The van der Waals surface area contributed by atoms with E-state index in [1.807, 2.05) is 27.7 Å². The summed E-state index contributed by atoms with van der Waals surface area (Å²) in [6, 6.07) is 0. The van der Waals surface area contributed by atoms with Gasteiger partial charge in [-0.25, -0.2) is 0 Å². The van der Waals surface area contributed by atoms with Gasteiger partial charge in [-0.3, -0.25) is 4.79 Å². The Morgan fingerprint density at radius 3 is 2.13 bits per heavy atom. The first-order valence-electron chi connectivity index (χ1n) is 4.97. The lowest BCUT2D eigenvalue weighted by Gasteiger charge is -2.38. The van der Waals surface area contributed by atoms with E-state index in [0.717, 1.165) is 16.7 Å². The van der Waals surface area contributed by atoms with Gasteiger partial charge in [-0.2, -0.15) is 0 Å². The molecule has 0 fully saturated rings. The van der Waals surface area contributed by atoms with E-state index in [-0.39, 0.29) is 4.83 Å². The zero-order chi connectivity index (χ0) is 12.0. The number of carbonyl (C=O) groups is 1. The zero-order valence-electron chi connectivity index (χ0n) is 9.81. The van der Waals surface area contributed by atoms with E-state index in [1.54, 1.807) is 6.92 Å². The Bertz CT molecular complexity index is 379. The van der Waals surface area contributed by atoms with Crippen molar-refractivity contribution in [2.75, 3.05) is 0 Å². The summed E-state index contributed by atoms with van der Waals surface area (Å²) in [7, 11) is 0. The maximum atomic E-state index is 11.4. The summed E-state index contributed by atoms with van der Waals surface area (Å²) in [4.78, 5) is 11.3. The van der Waals surface area contributed by atoms with Crippen molar-refractivity contribution in [3.05, 3.63) is 22.3 Å². The lowest BCUT2D eigenvalue weighted by atomic mass is 9.70. The summed E-state index contributed by atoms with van der Waals surface area (Å²) in [5, 5.41) is 9.37. The van der Waals surface area contributed by atoms with Gasteiger partial charge in [-0.1, -0.05) is 27.1 Å². The molecule has 1 rings (SSSR count). The van der Waals surface area contributed by atoms with Gasteiger partial charge in [0.2, 0.25) is 0 Å². The monoisotopic (exact) mass is 272 g/mol. The Kier molecular flexibility index (Phi) is 3.15. The third-order valence-corrected chi connectivity index (χ3v) is 5.43. The van der Waals surface area contributed by atoms with Crippen molar-refractivity contribution in [3.8, 4) is 0 Å². The maximum Gasteiger partial charge on any atom is 0.314 e. The Balaban J connectivity index is 3.45. The molecule has 0 saturated heterocycles. The predicted molar refractivity (Wildman–Crippen MR) is 65.2 cm³/mol. The van der Waals surface area contributed by atoms with Crippen LogP contribution in [0.4, 0.5) is 0 Å². The number of halogens is 1. The third kappa shape index (κ3) is 1.57. The van der Waals surface area contributed by atoms with Crippen LogP contribution in [0.2, 0.25) is 0 Å². The van der Waals surface area contributed by atoms with Crippen molar-refractivity contribution in [2.24, 2.45) is 5.41 Å². The molecular formula is C12H17BrO2. The number of alkyl halides is 1. The molecule has 0 aliphatic heterocycles. The summed E-state index contributed by atoms with van der Waals surface area (Å²) >= 11 is 3.51. The van der Waals surface area contributed by atoms with Crippen molar-refractivity contribution in [2.45, 2.75) is 39.4 Å². The lowest BCUT2D eigenvalue weighted by Crippen LogP contribution is -2.41. The van der Waals surface area contributed by atoms with Crippen LogP contribution in [0.3, 0.4) is 0 Å². The van der Waals surface area contributed by atoms with E-state index in [4.69, 9.17) is 0 Å². The standard InChI is InChI=1S/C12H17BrO2/c1-6-7(2)9(4)12(5,11(14)15)10(13)8(6)3/h10H,1-5H3,(H,14,15). The molecule has 0 amide bonds.